The van der Waals surface area contributed by atoms with Gasteiger partial charge in [0.15, 0.2) is 11.8 Å². The maximum atomic E-state index is 12.5. The molecule has 0 spiro atoms. The number of benzene rings is 2. The first kappa shape index (κ1) is 19.2. The van der Waals surface area contributed by atoms with Crippen LogP contribution in [0.4, 0.5) is 5.69 Å². The number of quaternary nitrogens is 1. The summed E-state index contributed by atoms with van der Waals surface area (Å²) in [5.74, 6) is -0.0169. The van der Waals surface area contributed by atoms with Crippen LogP contribution in [0.15, 0.2) is 53.4 Å². The highest BCUT2D eigenvalue weighted by atomic mass is 32.2. The van der Waals surface area contributed by atoms with E-state index in [1.165, 1.54) is 17.4 Å². The summed E-state index contributed by atoms with van der Waals surface area (Å²) in [5.41, 5.74) is 2.56. The summed E-state index contributed by atoms with van der Waals surface area (Å²) in [6.07, 6.45) is 2.06. The average molecular weight is 357 g/mol. The van der Waals surface area contributed by atoms with Gasteiger partial charge in [0, 0.05) is 21.7 Å². The van der Waals surface area contributed by atoms with Gasteiger partial charge in [0.25, 0.3) is 5.91 Å². The number of carbonyl (C=O) groups is 2. The van der Waals surface area contributed by atoms with Gasteiger partial charge in [-0.2, -0.15) is 0 Å². The Morgan fingerprint density at radius 1 is 1.08 bits per heavy atom. The average Bonchev–Trinajstić information content (AvgIpc) is 2.62. The summed E-state index contributed by atoms with van der Waals surface area (Å²) in [6.45, 7) is 4.23. The van der Waals surface area contributed by atoms with Crippen molar-refractivity contribution in [1.82, 2.24) is 0 Å². The van der Waals surface area contributed by atoms with E-state index < -0.39 is 0 Å². The normalized spacial score (nSPS) is 13.1. The van der Waals surface area contributed by atoms with Crippen molar-refractivity contribution >= 4 is 29.1 Å². The molecule has 0 saturated carbocycles. The minimum atomic E-state index is -0.187. The number of anilines is 1. The Morgan fingerprint density at radius 3 is 2.20 bits per heavy atom. The number of nitrogens with one attached hydrogen (secondary N) is 2. The molecule has 25 heavy (non-hydrogen) atoms. The molecule has 0 radical (unpaired) electrons. The predicted octanol–water partition coefficient (Wildman–Crippen LogP) is 2.65. The van der Waals surface area contributed by atoms with Gasteiger partial charge in [-0.05, 0) is 56.5 Å². The number of rotatable bonds is 7. The van der Waals surface area contributed by atoms with Crippen molar-refractivity contribution in [3.8, 4) is 0 Å². The van der Waals surface area contributed by atoms with Gasteiger partial charge >= 0.3 is 0 Å². The van der Waals surface area contributed by atoms with E-state index in [0.717, 1.165) is 11.4 Å². The Morgan fingerprint density at radius 2 is 1.68 bits per heavy atom. The summed E-state index contributed by atoms with van der Waals surface area (Å²) in [5, 5.41) is 2.92. The van der Waals surface area contributed by atoms with E-state index in [1.807, 2.05) is 14.0 Å². The number of hydrogen-bond donors (Lipinski definition) is 2. The van der Waals surface area contributed by atoms with Crippen LogP contribution in [0.3, 0.4) is 0 Å². The molecule has 0 bridgehead atoms. The van der Waals surface area contributed by atoms with E-state index in [2.05, 4.69) is 35.8 Å². The van der Waals surface area contributed by atoms with E-state index in [4.69, 9.17) is 0 Å². The number of carbonyl (C=O) groups excluding carboxylic acids is 2. The quantitative estimate of drug-likeness (QED) is 0.592. The van der Waals surface area contributed by atoms with Gasteiger partial charge in [-0.3, -0.25) is 9.59 Å². The molecular weight excluding hydrogens is 332 g/mol. The van der Waals surface area contributed by atoms with Crippen LogP contribution >= 0.6 is 11.8 Å². The van der Waals surface area contributed by atoms with E-state index in [0.29, 0.717) is 11.3 Å². The second-order valence-corrected chi connectivity index (χ2v) is 7.10. The van der Waals surface area contributed by atoms with Crippen LogP contribution in [0.25, 0.3) is 0 Å². The largest absolute Gasteiger partial charge is 0.324 e. The lowest BCUT2D eigenvalue weighted by molar-refractivity contribution is -0.907. The molecule has 0 aliphatic heterocycles. The third-order valence-electron chi connectivity index (χ3n) is 4.33. The summed E-state index contributed by atoms with van der Waals surface area (Å²) in [6, 6.07) is 15.2. The zero-order valence-electron chi connectivity index (χ0n) is 15.1. The summed E-state index contributed by atoms with van der Waals surface area (Å²) < 4.78 is 0. The highest BCUT2D eigenvalue weighted by Crippen LogP contribution is 2.14. The topological polar surface area (TPSA) is 50.6 Å². The third kappa shape index (κ3) is 5.44. The Hall–Kier alpha value is -2.11. The molecule has 2 aromatic carbocycles. The fourth-order valence-electron chi connectivity index (χ4n) is 2.48. The highest BCUT2D eigenvalue weighted by Gasteiger charge is 2.22. The molecule has 2 atom stereocenters. The standard InChI is InChI=1S/C20H24N2O2S/c1-14(22(3)13-16-5-11-19(25-4)12-6-16)20(24)21-18-9-7-17(8-10-18)15(2)23/h5-12,14H,13H2,1-4H3,(H,21,24)/p+1/t14-/m1/s1. The van der Waals surface area contributed by atoms with Gasteiger partial charge < -0.3 is 10.2 Å². The van der Waals surface area contributed by atoms with Crippen LogP contribution in [-0.2, 0) is 11.3 Å². The summed E-state index contributed by atoms with van der Waals surface area (Å²) in [7, 11) is 2.02. The number of likely N-dealkylation sites (N-methyl/N-ethyl adjacent to an activating group) is 1. The maximum absolute atomic E-state index is 12.5. The van der Waals surface area contributed by atoms with Crippen LogP contribution in [0.5, 0.6) is 0 Å². The van der Waals surface area contributed by atoms with Crippen LogP contribution in [0.1, 0.15) is 29.8 Å². The van der Waals surface area contributed by atoms with Crippen molar-refractivity contribution in [3.63, 3.8) is 0 Å². The number of hydrogen-bond acceptors (Lipinski definition) is 3. The monoisotopic (exact) mass is 357 g/mol. The minimum absolute atomic E-state index is 0.0166. The molecular formula is C20H25N2O2S+. The molecule has 0 heterocycles. The molecule has 132 valence electrons. The molecule has 0 fully saturated rings. The SMILES string of the molecule is CSc1ccc(C[NH+](C)[C@H](C)C(=O)Nc2ccc(C(C)=O)cc2)cc1. The first-order valence-electron chi connectivity index (χ1n) is 8.28. The van der Waals surface area contributed by atoms with Crippen LogP contribution in [0, 0.1) is 0 Å². The van der Waals surface area contributed by atoms with Crippen LogP contribution in [0.2, 0.25) is 0 Å². The molecule has 5 heteroatoms. The van der Waals surface area contributed by atoms with E-state index in [9.17, 15) is 9.59 Å². The molecule has 1 unspecified atom stereocenters. The van der Waals surface area contributed by atoms with Crippen LogP contribution < -0.4 is 10.2 Å². The molecule has 0 aromatic heterocycles. The molecule has 0 aliphatic carbocycles. The van der Waals surface area contributed by atoms with Crippen molar-refractivity contribution in [2.75, 3.05) is 18.6 Å². The second kappa shape index (κ2) is 8.83. The lowest BCUT2D eigenvalue weighted by atomic mass is 10.1. The lowest BCUT2D eigenvalue weighted by Crippen LogP contribution is -3.12. The van der Waals surface area contributed by atoms with Crippen molar-refractivity contribution in [1.29, 1.82) is 0 Å². The zero-order valence-corrected chi connectivity index (χ0v) is 15.9. The fourth-order valence-corrected chi connectivity index (χ4v) is 2.89. The highest BCUT2D eigenvalue weighted by molar-refractivity contribution is 7.98. The van der Waals surface area contributed by atoms with Crippen molar-refractivity contribution < 1.29 is 14.5 Å². The van der Waals surface area contributed by atoms with E-state index >= 15 is 0 Å². The minimum Gasteiger partial charge on any atom is -0.324 e. The molecule has 0 aliphatic rings. The van der Waals surface area contributed by atoms with Gasteiger partial charge in [0.05, 0.1) is 7.05 Å². The lowest BCUT2D eigenvalue weighted by Gasteiger charge is -2.21. The smallest absolute Gasteiger partial charge is 0.282 e. The molecule has 0 saturated heterocycles. The Bertz CT molecular complexity index is 726. The first-order chi connectivity index (χ1) is 11.9. The van der Waals surface area contributed by atoms with Gasteiger partial charge in [-0.25, -0.2) is 0 Å². The zero-order chi connectivity index (χ0) is 18.4. The summed E-state index contributed by atoms with van der Waals surface area (Å²) >= 11 is 1.72. The van der Waals surface area contributed by atoms with E-state index in [-0.39, 0.29) is 17.7 Å². The maximum Gasteiger partial charge on any atom is 0.282 e. The molecule has 2 aromatic rings. The number of Topliss-reactive ketones (excluding diaryl/α,β-unsaturated/α-hetero) is 1. The van der Waals surface area contributed by atoms with Crippen LogP contribution in [-0.4, -0.2) is 31.0 Å². The molecule has 1 amide bonds. The van der Waals surface area contributed by atoms with Gasteiger partial charge in [-0.1, -0.05) is 12.1 Å². The molecule has 4 nitrogen and oxygen atoms in total. The molecule has 2 rings (SSSR count). The number of ketones is 1. The second-order valence-electron chi connectivity index (χ2n) is 6.22. The first-order valence-corrected chi connectivity index (χ1v) is 9.50. The van der Waals surface area contributed by atoms with Gasteiger partial charge in [-0.15, -0.1) is 11.8 Å². The van der Waals surface area contributed by atoms with Crippen molar-refractivity contribution in [2.24, 2.45) is 0 Å². The van der Waals surface area contributed by atoms with Crippen molar-refractivity contribution in [2.45, 2.75) is 31.3 Å². The fraction of sp³-hybridized carbons (Fsp3) is 0.300. The van der Waals surface area contributed by atoms with Gasteiger partial charge in [0.1, 0.15) is 6.54 Å². The predicted molar refractivity (Wildman–Crippen MR) is 103 cm³/mol. The Balaban J connectivity index is 1.94. The summed E-state index contributed by atoms with van der Waals surface area (Å²) in [4.78, 5) is 26.1. The number of thioether (sulfide) groups is 1. The van der Waals surface area contributed by atoms with Gasteiger partial charge in [0.2, 0.25) is 0 Å². The Kier molecular flexibility index (Phi) is 6.79. The molecule has 2 N–H and O–H groups in total. The van der Waals surface area contributed by atoms with E-state index in [1.54, 1.807) is 36.0 Å². The third-order valence-corrected chi connectivity index (χ3v) is 5.08. The Labute approximate surface area is 153 Å². The van der Waals surface area contributed by atoms with Crippen molar-refractivity contribution in [3.05, 3.63) is 59.7 Å². The number of amides is 1.